The molecule has 0 bridgehead atoms. The number of piperazine rings is 1. The van der Waals surface area contributed by atoms with Crippen molar-refractivity contribution in [3.8, 4) is 0 Å². The maximum absolute atomic E-state index is 13.6. The Morgan fingerprint density at radius 2 is 1.94 bits per heavy atom. The van der Waals surface area contributed by atoms with Gasteiger partial charge in [0.1, 0.15) is 11.4 Å². The first-order chi connectivity index (χ1) is 16.3. The molecule has 2 atom stereocenters. The number of aliphatic hydroxyl groups excluding tert-OH is 1. The first kappa shape index (κ1) is 23.8. The average molecular weight is 508 g/mol. The molecular formula is C25H28Cl2FN3O3. The minimum Gasteiger partial charge on any atom is -0.396 e. The molecule has 9 heteroatoms. The third-order valence-electron chi connectivity index (χ3n) is 7.47. The number of hydrogen-bond donors (Lipinski definition) is 2. The maximum atomic E-state index is 13.6. The minimum atomic E-state index is -1.10. The molecule has 3 aliphatic rings. The molecule has 0 aromatic heterocycles. The number of amides is 1. The number of anilines is 1. The molecule has 34 heavy (non-hydrogen) atoms. The minimum absolute atomic E-state index is 0.00711. The Bertz CT molecular complexity index is 1100. The molecule has 0 aliphatic carbocycles. The Balaban J connectivity index is 1.26. The highest BCUT2D eigenvalue weighted by molar-refractivity contribution is 6.36. The zero-order chi connectivity index (χ0) is 24.0. The molecule has 182 valence electrons. The summed E-state index contributed by atoms with van der Waals surface area (Å²) >= 11 is 12.6. The summed E-state index contributed by atoms with van der Waals surface area (Å²) in [7, 11) is 0. The van der Waals surface area contributed by atoms with Crippen LogP contribution in [0.4, 0.5) is 10.1 Å². The van der Waals surface area contributed by atoms with E-state index >= 15 is 0 Å². The van der Waals surface area contributed by atoms with Gasteiger partial charge in [0.25, 0.3) is 5.91 Å². The predicted molar refractivity (Wildman–Crippen MR) is 130 cm³/mol. The van der Waals surface area contributed by atoms with Crippen LogP contribution in [0.5, 0.6) is 0 Å². The number of hydrogen-bond acceptors (Lipinski definition) is 5. The van der Waals surface area contributed by atoms with Crippen LogP contribution < -0.4 is 4.90 Å². The lowest BCUT2D eigenvalue weighted by Gasteiger charge is -2.49. The molecule has 3 aliphatic heterocycles. The smallest absolute Gasteiger partial charge is 0.255 e. The van der Waals surface area contributed by atoms with E-state index in [2.05, 4.69) is 9.80 Å². The number of carbonyl (C=O) groups excluding carboxylic acids is 1. The third-order valence-corrected chi connectivity index (χ3v) is 8.16. The van der Waals surface area contributed by atoms with Crippen LogP contribution in [0.15, 0.2) is 36.4 Å². The molecule has 6 nitrogen and oxygen atoms in total. The van der Waals surface area contributed by atoms with E-state index in [-0.39, 0.29) is 29.5 Å². The fraction of sp³-hybridized carbons (Fsp3) is 0.480. The van der Waals surface area contributed by atoms with Crippen molar-refractivity contribution in [3.63, 3.8) is 0 Å². The van der Waals surface area contributed by atoms with Gasteiger partial charge in [0, 0.05) is 57.8 Å². The lowest BCUT2D eigenvalue weighted by molar-refractivity contribution is -0.0740. The third kappa shape index (κ3) is 4.29. The summed E-state index contributed by atoms with van der Waals surface area (Å²) in [5, 5.41) is 21.0. The highest BCUT2D eigenvalue weighted by Gasteiger charge is 2.42. The molecule has 0 unspecified atom stereocenters. The summed E-state index contributed by atoms with van der Waals surface area (Å²) in [6.45, 7) is 3.77. The van der Waals surface area contributed by atoms with Gasteiger partial charge in [0.2, 0.25) is 0 Å². The van der Waals surface area contributed by atoms with Crippen LogP contribution in [0.1, 0.15) is 28.8 Å². The Kier molecular flexibility index (Phi) is 6.50. The van der Waals surface area contributed by atoms with E-state index in [4.69, 9.17) is 23.2 Å². The Hall–Kier alpha value is -1.90. The van der Waals surface area contributed by atoms with Gasteiger partial charge in [0.15, 0.2) is 0 Å². The summed E-state index contributed by atoms with van der Waals surface area (Å²) in [6.07, 6.45) is 1.22. The number of carbonyl (C=O) groups is 1. The van der Waals surface area contributed by atoms with Gasteiger partial charge in [-0.1, -0.05) is 35.3 Å². The van der Waals surface area contributed by atoms with Gasteiger partial charge in [-0.2, -0.15) is 0 Å². The van der Waals surface area contributed by atoms with Crippen LogP contribution in [-0.2, 0) is 5.60 Å². The number of piperidine rings is 1. The lowest BCUT2D eigenvalue weighted by Crippen LogP contribution is -2.60. The SMILES string of the molecule is O=C(c1cccc(N2CC(CO)C2)c1Cl)N1CCN2C[C@@](O)(c3ccc(F)c(Cl)c3)CC[C@@H]2C1. The second-order valence-electron chi connectivity index (χ2n) is 9.67. The van der Waals surface area contributed by atoms with Gasteiger partial charge < -0.3 is 20.0 Å². The Labute approximate surface area is 208 Å². The zero-order valence-corrected chi connectivity index (χ0v) is 20.3. The maximum Gasteiger partial charge on any atom is 0.255 e. The fourth-order valence-electron chi connectivity index (χ4n) is 5.38. The summed E-state index contributed by atoms with van der Waals surface area (Å²) in [5.41, 5.74) is 0.847. The van der Waals surface area contributed by atoms with Gasteiger partial charge >= 0.3 is 0 Å². The van der Waals surface area contributed by atoms with Crippen molar-refractivity contribution in [2.75, 3.05) is 50.8 Å². The second-order valence-corrected chi connectivity index (χ2v) is 10.5. The number of fused-ring (bicyclic) bond motifs is 1. The first-order valence-electron chi connectivity index (χ1n) is 11.6. The number of rotatable bonds is 4. The molecule has 3 fully saturated rings. The second kappa shape index (κ2) is 9.28. The van der Waals surface area contributed by atoms with Crippen LogP contribution >= 0.6 is 23.2 Å². The topological polar surface area (TPSA) is 67.3 Å². The summed E-state index contributed by atoms with van der Waals surface area (Å²) < 4.78 is 13.6. The Morgan fingerprint density at radius 3 is 2.68 bits per heavy atom. The van der Waals surface area contributed by atoms with Gasteiger partial charge in [0.05, 0.1) is 21.3 Å². The summed E-state index contributed by atoms with van der Waals surface area (Å²) in [6, 6.07) is 10.1. The van der Waals surface area contributed by atoms with Gasteiger partial charge in [-0.25, -0.2) is 4.39 Å². The van der Waals surface area contributed by atoms with E-state index in [9.17, 15) is 19.4 Å². The molecule has 2 aromatic rings. The number of nitrogens with zero attached hydrogens (tertiary/aromatic N) is 3. The molecule has 2 aromatic carbocycles. The van der Waals surface area contributed by atoms with E-state index in [1.165, 1.54) is 12.1 Å². The lowest BCUT2D eigenvalue weighted by atomic mass is 9.82. The van der Waals surface area contributed by atoms with E-state index in [1.807, 2.05) is 17.0 Å². The van der Waals surface area contributed by atoms with Gasteiger partial charge in [-0.15, -0.1) is 0 Å². The molecule has 0 saturated carbocycles. The van der Waals surface area contributed by atoms with Crippen LogP contribution in [-0.4, -0.2) is 77.8 Å². The molecular weight excluding hydrogens is 480 g/mol. The van der Waals surface area contributed by atoms with Crippen LogP contribution in [0.2, 0.25) is 10.0 Å². The molecule has 3 heterocycles. The van der Waals surface area contributed by atoms with Gasteiger partial charge in [-0.05, 0) is 42.7 Å². The molecule has 3 saturated heterocycles. The zero-order valence-electron chi connectivity index (χ0n) is 18.8. The molecule has 0 spiro atoms. The normalized spacial score (nSPS) is 25.7. The highest BCUT2D eigenvalue weighted by Crippen LogP contribution is 2.38. The number of aliphatic hydroxyl groups is 2. The average Bonchev–Trinajstić information content (AvgIpc) is 2.80. The van der Waals surface area contributed by atoms with Crippen molar-refractivity contribution in [1.29, 1.82) is 0 Å². The first-order valence-corrected chi connectivity index (χ1v) is 12.4. The molecule has 0 radical (unpaired) electrons. The fourth-order valence-corrected chi connectivity index (χ4v) is 5.89. The Morgan fingerprint density at radius 1 is 1.15 bits per heavy atom. The van der Waals surface area contributed by atoms with Crippen molar-refractivity contribution >= 4 is 34.8 Å². The quantitative estimate of drug-likeness (QED) is 0.663. The van der Waals surface area contributed by atoms with Crippen molar-refractivity contribution in [2.45, 2.75) is 24.5 Å². The number of halogens is 3. The molecule has 1 amide bonds. The highest BCUT2D eigenvalue weighted by atomic mass is 35.5. The van der Waals surface area contributed by atoms with Crippen molar-refractivity contribution < 1.29 is 19.4 Å². The number of benzene rings is 2. The van der Waals surface area contributed by atoms with Crippen LogP contribution in [0.25, 0.3) is 0 Å². The van der Waals surface area contributed by atoms with Crippen LogP contribution in [0.3, 0.4) is 0 Å². The van der Waals surface area contributed by atoms with E-state index in [1.54, 1.807) is 12.1 Å². The standard InChI is InChI=1S/C25H28Cl2FN3O3/c26-20-10-17(4-5-21(20)28)25(34)7-6-18-13-29(8-9-30(18)15-25)24(33)19-2-1-3-22(23(19)27)31-11-16(12-31)14-32/h1-5,10,16,18,32,34H,6-9,11-15H2/t18-,25-/m1/s1. The molecule has 2 N–H and O–H groups in total. The van der Waals surface area contributed by atoms with Gasteiger partial charge in [-0.3, -0.25) is 9.69 Å². The largest absolute Gasteiger partial charge is 0.396 e. The summed E-state index contributed by atoms with van der Waals surface area (Å²) in [5.74, 6) is -0.337. The predicted octanol–water partition coefficient (Wildman–Crippen LogP) is 3.37. The van der Waals surface area contributed by atoms with Crippen molar-refractivity contribution in [3.05, 3.63) is 63.4 Å². The van der Waals surface area contributed by atoms with Crippen molar-refractivity contribution in [1.82, 2.24) is 9.80 Å². The van der Waals surface area contributed by atoms with E-state index < -0.39 is 11.4 Å². The van der Waals surface area contributed by atoms with Crippen LogP contribution in [0, 0.1) is 11.7 Å². The molecule has 5 rings (SSSR count). The summed E-state index contributed by atoms with van der Waals surface area (Å²) in [4.78, 5) is 19.5. The van der Waals surface area contributed by atoms with E-state index in [0.717, 1.165) is 18.8 Å². The monoisotopic (exact) mass is 507 g/mol. The van der Waals surface area contributed by atoms with E-state index in [0.29, 0.717) is 55.2 Å². The van der Waals surface area contributed by atoms with Crippen molar-refractivity contribution in [2.24, 2.45) is 5.92 Å².